The standard InChI is InChI=1S/C24H28N4O5/c1-5-19(32-4)13-12-17(2)33-23-25-21-20(28(23)16-18-10-7-6-8-11-18)22(30)27(14-9-15-29)24(31)26(21)3/h5-8,10-13,29H,2,9,14-16H2,1,3-4H3/b13-12-,19-5+. The molecular weight excluding hydrogens is 424 g/mol. The fourth-order valence-electron chi connectivity index (χ4n) is 3.38. The first-order chi connectivity index (χ1) is 15.9. The molecule has 2 heterocycles. The van der Waals surface area contributed by atoms with Gasteiger partial charge in [-0.25, -0.2) is 4.79 Å². The Labute approximate surface area is 191 Å². The zero-order valence-corrected chi connectivity index (χ0v) is 19.0. The number of rotatable bonds is 10. The Morgan fingerprint density at radius 2 is 1.91 bits per heavy atom. The number of fused-ring (bicyclic) bond motifs is 1. The van der Waals surface area contributed by atoms with Crippen molar-refractivity contribution in [2.75, 3.05) is 13.7 Å². The van der Waals surface area contributed by atoms with Crippen molar-refractivity contribution < 1.29 is 14.6 Å². The molecule has 0 radical (unpaired) electrons. The molecule has 9 heteroatoms. The minimum absolute atomic E-state index is 0.100. The molecule has 0 aliphatic rings. The van der Waals surface area contributed by atoms with E-state index >= 15 is 0 Å². The van der Waals surface area contributed by atoms with Gasteiger partial charge in [0.2, 0.25) is 0 Å². The fourth-order valence-corrected chi connectivity index (χ4v) is 3.38. The van der Waals surface area contributed by atoms with Gasteiger partial charge in [0.15, 0.2) is 11.2 Å². The summed E-state index contributed by atoms with van der Waals surface area (Å²) in [7, 11) is 3.11. The van der Waals surface area contributed by atoms with E-state index in [1.54, 1.807) is 37.0 Å². The van der Waals surface area contributed by atoms with Crippen LogP contribution in [0.25, 0.3) is 11.2 Å². The fraction of sp³-hybridized carbons (Fsp3) is 0.292. The molecule has 0 saturated heterocycles. The number of hydrogen-bond acceptors (Lipinski definition) is 6. The largest absolute Gasteiger partial charge is 0.497 e. The third kappa shape index (κ3) is 5.15. The summed E-state index contributed by atoms with van der Waals surface area (Å²) in [6.45, 7) is 6.02. The Kier molecular flexibility index (Phi) is 7.68. The van der Waals surface area contributed by atoms with Crippen molar-refractivity contribution in [1.82, 2.24) is 18.7 Å². The van der Waals surface area contributed by atoms with Gasteiger partial charge in [-0.3, -0.25) is 18.5 Å². The van der Waals surface area contributed by atoms with Crippen molar-refractivity contribution in [3.8, 4) is 6.01 Å². The van der Waals surface area contributed by atoms with Crippen LogP contribution in [0.15, 0.2) is 76.2 Å². The summed E-state index contributed by atoms with van der Waals surface area (Å²) in [5.74, 6) is 0.910. The van der Waals surface area contributed by atoms with Gasteiger partial charge in [0.05, 0.1) is 13.7 Å². The molecule has 2 aromatic heterocycles. The van der Waals surface area contributed by atoms with Crippen LogP contribution in [0.3, 0.4) is 0 Å². The molecule has 0 atom stereocenters. The molecule has 0 unspecified atom stereocenters. The lowest BCUT2D eigenvalue weighted by atomic mass is 10.2. The molecule has 174 valence electrons. The highest BCUT2D eigenvalue weighted by atomic mass is 16.5. The number of benzene rings is 1. The van der Waals surface area contributed by atoms with Crippen molar-refractivity contribution in [3.63, 3.8) is 0 Å². The average Bonchev–Trinajstić information content (AvgIpc) is 3.17. The van der Waals surface area contributed by atoms with Gasteiger partial charge in [-0.15, -0.1) is 0 Å². The third-order valence-electron chi connectivity index (χ3n) is 5.10. The van der Waals surface area contributed by atoms with Crippen LogP contribution in [-0.2, 0) is 24.9 Å². The molecule has 0 amide bonds. The third-order valence-corrected chi connectivity index (χ3v) is 5.10. The summed E-state index contributed by atoms with van der Waals surface area (Å²) in [6.07, 6.45) is 5.40. The highest BCUT2D eigenvalue weighted by Crippen LogP contribution is 2.22. The first-order valence-corrected chi connectivity index (χ1v) is 10.5. The quantitative estimate of drug-likeness (QED) is 0.374. The van der Waals surface area contributed by atoms with Gasteiger partial charge in [-0.1, -0.05) is 36.9 Å². The van der Waals surface area contributed by atoms with Crippen molar-refractivity contribution in [2.24, 2.45) is 7.05 Å². The van der Waals surface area contributed by atoms with E-state index in [9.17, 15) is 14.7 Å². The molecule has 3 aromatic rings. The topological polar surface area (TPSA) is 101 Å². The van der Waals surface area contributed by atoms with E-state index in [4.69, 9.17) is 9.47 Å². The maximum absolute atomic E-state index is 13.3. The average molecular weight is 453 g/mol. The predicted octanol–water partition coefficient (Wildman–Crippen LogP) is 2.33. The van der Waals surface area contributed by atoms with Crippen molar-refractivity contribution in [1.29, 1.82) is 0 Å². The van der Waals surface area contributed by atoms with E-state index in [0.717, 1.165) is 10.1 Å². The number of methoxy groups -OCH3 is 1. The predicted molar refractivity (Wildman–Crippen MR) is 126 cm³/mol. The Hall–Kier alpha value is -3.85. The van der Waals surface area contributed by atoms with Gasteiger partial charge in [-0.05, 0) is 37.1 Å². The summed E-state index contributed by atoms with van der Waals surface area (Å²) in [6, 6.07) is 9.68. The van der Waals surface area contributed by atoms with Gasteiger partial charge in [-0.2, -0.15) is 4.98 Å². The number of aliphatic hydroxyl groups is 1. The molecule has 0 fully saturated rings. The summed E-state index contributed by atoms with van der Waals surface area (Å²) >= 11 is 0. The maximum Gasteiger partial charge on any atom is 0.332 e. The molecule has 0 aliphatic heterocycles. The Balaban J connectivity index is 2.16. The van der Waals surface area contributed by atoms with E-state index in [1.165, 1.54) is 4.57 Å². The second-order valence-corrected chi connectivity index (χ2v) is 7.31. The van der Waals surface area contributed by atoms with Gasteiger partial charge >= 0.3 is 11.7 Å². The summed E-state index contributed by atoms with van der Waals surface area (Å²) in [4.78, 5) is 30.5. The van der Waals surface area contributed by atoms with Crippen LogP contribution in [0, 0.1) is 0 Å². The number of nitrogens with zero attached hydrogens (tertiary/aromatic N) is 4. The summed E-state index contributed by atoms with van der Waals surface area (Å²) in [5.41, 5.74) is 0.370. The van der Waals surface area contributed by atoms with Gasteiger partial charge in [0.1, 0.15) is 11.5 Å². The van der Waals surface area contributed by atoms with E-state index in [2.05, 4.69) is 11.6 Å². The molecule has 0 aliphatic carbocycles. The lowest BCUT2D eigenvalue weighted by Gasteiger charge is -2.11. The Morgan fingerprint density at radius 1 is 1.18 bits per heavy atom. The molecule has 3 rings (SSSR count). The molecule has 1 N–H and O–H groups in total. The van der Waals surface area contributed by atoms with Crippen LogP contribution in [0.4, 0.5) is 0 Å². The monoisotopic (exact) mass is 452 g/mol. The molecule has 0 spiro atoms. The zero-order chi connectivity index (χ0) is 24.0. The van der Waals surface area contributed by atoms with Crippen LogP contribution < -0.4 is 16.0 Å². The molecule has 0 saturated carbocycles. The van der Waals surface area contributed by atoms with Crippen LogP contribution in [0.2, 0.25) is 0 Å². The molecular formula is C24H28N4O5. The normalized spacial score (nSPS) is 11.9. The number of ether oxygens (including phenoxy) is 2. The highest BCUT2D eigenvalue weighted by molar-refractivity contribution is 5.72. The second kappa shape index (κ2) is 10.6. The van der Waals surface area contributed by atoms with Gasteiger partial charge < -0.3 is 14.6 Å². The van der Waals surface area contributed by atoms with Crippen LogP contribution in [0.5, 0.6) is 6.01 Å². The maximum atomic E-state index is 13.3. The lowest BCUT2D eigenvalue weighted by Crippen LogP contribution is -2.39. The highest BCUT2D eigenvalue weighted by Gasteiger charge is 2.21. The number of hydrogen-bond donors (Lipinski definition) is 1. The first kappa shape index (κ1) is 23.8. The second-order valence-electron chi connectivity index (χ2n) is 7.31. The van der Waals surface area contributed by atoms with Crippen LogP contribution >= 0.6 is 0 Å². The van der Waals surface area contributed by atoms with Crippen LogP contribution in [0.1, 0.15) is 18.9 Å². The van der Waals surface area contributed by atoms with Crippen molar-refractivity contribution in [2.45, 2.75) is 26.4 Å². The van der Waals surface area contributed by atoms with E-state index in [0.29, 0.717) is 12.3 Å². The summed E-state index contributed by atoms with van der Waals surface area (Å²) < 4.78 is 15.1. The minimum Gasteiger partial charge on any atom is -0.497 e. The number of aromatic nitrogens is 4. The lowest BCUT2D eigenvalue weighted by molar-refractivity contribution is 0.277. The van der Waals surface area contributed by atoms with Crippen molar-refractivity contribution >= 4 is 11.2 Å². The zero-order valence-electron chi connectivity index (χ0n) is 19.0. The number of imidazole rings is 1. The Morgan fingerprint density at radius 3 is 2.55 bits per heavy atom. The summed E-state index contributed by atoms with van der Waals surface area (Å²) in [5, 5.41) is 9.18. The molecule has 9 nitrogen and oxygen atoms in total. The number of allylic oxidation sites excluding steroid dienone is 3. The van der Waals surface area contributed by atoms with Gasteiger partial charge in [0.25, 0.3) is 5.56 Å². The molecule has 1 aromatic carbocycles. The number of aryl methyl sites for hydroxylation is 1. The minimum atomic E-state index is -0.506. The smallest absolute Gasteiger partial charge is 0.332 e. The van der Waals surface area contributed by atoms with Gasteiger partial charge in [0, 0.05) is 20.2 Å². The van der Waals surface area contributed by atoms with E-state index < -0.39 is 11.2 Å². The van der Waals surface area contributed by atoms with E-state index in [-0.39, 0.29) is 42.5 Å². The molecule has 33 heavy (non-hydrogen) atoms. The van der Waals surface area contributed by atoms with Crippen molar-refractivity contribution in [3.05, 3.63) is 93.1 Å². The molecule has 0 bridgehead atoms. The van der Waals surface area contributed by atoms with Crippen LogP contribution in [-0.4, -0.2) is 37.5 Å². The Bertz CT molecular complexity index is 1310. The van der Waals surface area contributed by atoms with E-state index in [1.807, 2.05) is 37.3 Å². The first-order valence-electron chi connectivity index (χ1n) is 10.5. The number of aliphatic hydroxyl groups excluding tert-OH is 1. The SMILES string of the molecule is C=C(/C=C\C(=C/C)OC)Oc1nc2c(c(=O)n(CCCO)c(=O)n2C)n1Cc1ccccc1.